The van der Waals surface area contributed by atoms with Crippen LogP contribution in [0.15, 0.2) is 72.8 Å². The summed E-state index contributed by atoms with van der Waals surface area (Å²) in [4.78, 5) is 17.2. The van der Waals surface area contributed by atoms with Crippen LogP contribution in [0.25, 0.3) is 27.2 Å². The topological polar surface area (TPSA) is 59.8 Å². The molecule has 0 aliphatic rings. The summed E-state index contributed by atoms with van der Waals surface area (Å²) < 4.78 is 42.4. The maximum absolute atomic E-state index is 13.4. The molecule has 178 valence electrons. The normalized spacial score (nSPS) is 11.7. The number of aryl methyl sites for hydroxylation is 1. The molecule has 0 fully saturated rings. The molecule has 2 heterocycles. The van der Waals surface area contributed by atoms with Crippen LogP contribution in [-0.4, -0.2) is 20.7 Å². The predicted octanol–water partition coefficient (Wildman–Crippen LogP) is 7.63. The van der Waals surface area contributed by atoms with Crippen LogP contribution in [0.3, 0.4) is 0 Å². The van der Waals surface area contributed by atoms with Gasteiger partial charge in [0.15, 0.2) is 10.8 Å². The number of aromatic nitrogens is 3. The quantitative estimate of drug-likeness (QED) is 0.268. The average Bonchev–Trinajstić information content (AvgIpc) is 3.43. The molecule has 10 heteroatoms. The highest BCUT2D eigenvalue weighted by Crippen LogP contribution is 2.35. The Bertz CT molecular complexity index is 1560. The molecule has 0 bridgehead atoms. The molecule has 2 aromatic heterocycles. The van der Waals surface area contributed by atoms with E-state index in [1.807, 2.05) is 25.1 Å². The first-order valence-corrected chi connectivity index (χ1v) is 11.6. The SMILES string of the molecule is Cc1ccc2nc(NC(=O)c3ccc(-c4cc(C(F)(F)F)nn4-c4ccccc4Cl)cc3)sc2c1.[HH]. The molecule has 0 aliphatic carbocycles. The zero-order chi connectivity index (χ0) is 24.7. The van der Waals surface area contributed by atoms with Gasteiger partial charge >= 0.3 is 6.18 Å². The molecule has 5 rings (SSSR count). The summed E-state index contributed by atoms with van der Waals surface area (Å²) in [6, 6.07) is 19.5. The van der Waals surface area contributed by atoms with Crippen molar-refractivity contribution in [2.45, 2.75) is 13.1 Å². The number of amides is 1. The molecule has 0 aliphatic heterocycles. The third kappa shape index (κ3) is 4.65. The Morgan fingerprint density at radius 1 is 1.06 bits per heavy atom. The van der Waals surface area contributed by atoms with Crippen LogP contribution in [0.1, 0.15) is 23.0 Å². The molecule has 0 unspecified atom stereocenters. The largest absolute Gasteiger partial charge is 0.435 e. The molecule has 5 nitrogen and oxygen atoms in total. The molecule has 0 radical (unpaired) electrons. The Morgan fingerprint density at radius 3 is 2.51 bits per heavy atom. The van der Waals surface area contributed by atoms with Gasteiger partial charge in [-0.05, 0) is 55.0 Å². The molecular formula is C25H18ClF3N4OS. The molecule has 1 amide bonds. The molecular weight excluding hydrogens is 497 g/mol. The standard InChI is InChI=1S/C25H16ClF3N4OS.H2/c1-14-6-11-18-21(12-14)35-24(30-18)31-23(34)16-9-7-15(8-10-16)20-13-22(25(27,28)29)32-33(20)19-5-3-2-4-17(19)26;/h2-13H,1H3,(H,30,31,34);1H. The van der Waals surface area contributed by atoms with E-state index >= 15 is 0 Å². The van der Waals surface area contributed by atoms with Crippen LogP contribution < -0.4 is 5.32 Å². The van der Waals surface area contributed by atoms with Crippen LogP contribution in [0.2, 0.25) is 5.02 Å². The Hall–Kier alpha value is -3.69. The van der Waals surface area contributed by atoms with Gasteiger partial charge in [0.1, 0.15) is 0 Å². The number of carbonyl (C=O) groups excluding carboxylic acids is 1. The van der Waals surface area contributed by atoms with Crippen LogP contribution >= 0.6 is 22.9 Å². The molecule has 0 saturated heterocycles. The number of hydrogen-bond acceptors (Lipinski definition) is 4. The molecule has 1 N–H and O–H groups in total. The fourth-order valence-corrected chi connectivity index (χ4v) is 4.75. The number of nitrogens with zero attached hydrogens (tertiary/aromatic N) is 3. The van der Waals surface area contributed by atoms with Crippen molar-refractivity contribution >= 4 is 44.2 Å². The molecule has 5 aromatic rings. The number of rotatable bonds is 4. The van der Waals surface area contributed by atoms with Gasteiger partial charge in [0.25, 0.3) is 5.91 Å². The first kappa shape index (κ1) is 23.1. The summed E-state index contributed by atoms with van der Waals surface area (Å²) in [6.07, 6.45) is -4.63. The fraction of sp³-hybridized carbons (Fsp3) is 0.0800. The van der Waals surface area contributed by atoms with E-state index in [0.717, 1.165) is 26.5 Å². The van der Waals surface area contributed by atoms with Gasteiger partial charge in [-0.25, -0.2) is 9.67 Å². The first-order valence-electron chi connectivity index (χ1n) is 10.4. The number of alkyl halides is 3. The van der Waals surface area contributed by atoms with Gasteiger partial charge in [-0.2, -0.15) is 18.3 Å². The van der Waals surface area contributed by atoms with Crippen LogP contribution in [0, 0.1) is 6.92 Å². The lowest BCUT2D eigenvalue weighted by Crippen LogP contribution is -2.11. The number of anilines is 1. The fourth-order valence-electron chi connectivity index (χ4n) is 3.58. The number of para-hydroxylation sites is 1. The number of benzene rings is 3. The maximum Gasteiger partial charge on any atom is 0.435 e. The average molecular weight is 515 g/mol. The Labute approximate surface area is 208 Å². The minimum Gasteiger partial charge on any atom is -0.298 e. The minimum atomic E-state index is -4.63. The van der Waals surface area contributed by atoms with Gasteiger partial charge in [-0.15, -0.1) is 0 Å². The highest BCUT2D eigenvalue weighted by atomic mass is 35.5. The van der Waals surface area contributed by atoms with Crippen molar-refractivity contribution in [3.8, 4) is 16.9 Å². The monoisotopic (exact) mass is 514 g/mol. The van der Waals surface area contributed by atoms with Crippen molar-refractivity contribution in [2.24, 2.45) is 0 Å². The van der Waals surface area contributed by atoms with E-state index < -0.39 is 11.9 Å². The maximum atomic E-state index is 13.4. The Balaban J connectivity index is 0.00000304. The number of thiazole rings is 1. The van der Waals surface area contributed by atoms with Crippen molar-refractivity contribution < 1.29 is 19.4 Å². The van der Waals surface area contributed by atoms with Gasteiger partial charge in [-0.1, -0.05) is 53.3 Å². The lowest BCUT2D eigenvalue weighted by molar-refractivity contribution is -0.141. The minimum absolute atomic E-state index is 0. The van der Waals surface area contributed by atoms with E-state index in [2.05, 4.69) is 15.4 Å². The van der Waals surface area contributed by atoms with Crippen LogP contribution in [0.5, 0.6) is 0 Å². The van der Waals surface area contributed by atoms with E-state index in [1.54, 1.807) is 48.5 Å². The predicted molar refractivity (Wildman–Crippen MR) is 133 cm³/mol. The third-order valence-corrected chi connectivity index (χ3v) is 6.54. The highest BCUT2D eigenvalue weighted by molar-refractivity contribution is 7.22. The third-order valence-electron chi connectivity index (χ3n) is 5.29. The van der Waals surface area contributed by atoms with Gasteiger partial charge in [-0.3, -0.25) is 10.1 Å². The van der Waals surface area contributed by atoms with Crippen molar-refractivity contribution in [3.05, 3.63) is 94.6 Å². The molecule has 0 atom stereocenters. The van der Waals surface area contributed by atoms with Crippen molar-refractivity contribution in [1.29, 1.82) is 0 Å². The number of hydrogen-bond donors (Lipinski definition) is 1. The number of fused-ring (bicyclic) bond motifs is 1. The second kappa shape index (κ2) is 8.83. The van der Waals surface area contributed by atoms with Gasteiger partial charge in [0.2, 0.25) is 0 Å². The summed E-state index contributed by atoms with van der Waals surface area (Å²) in [5, 5.41) is 7.25. The van der Waals surface area contributed by atoms with Gasteiger partial charge < -0.3 is 0 Å². The number of carbonyl (C=O) groups is 1. The lowest BCUT2D eigenvalue weighted by Gasteiger charge is -2.10. The molecule has 0 saturated carbocycles. The number of halogens is 4. The van der Waals surface area contributed by atoms with Crippen molar-refractivity contribution in [2.75, 3.05) is 5.32 Å². The summed E-state index contributed by atoms with van der Waals surface area (Å²) >= 11 is 7.59. The molecule has 35 heavy (non-hydrogen) atoms. The van der Waals surface area contributed by atoms with Crippen LogP contribution in [-0.2, 0) is 6.18 Å². The zero-order valence-electron chi connectivity index (χ0n) is 18.1. The smallest absolute Gasteiger partial charge is 0.298 e. The van der Waals surface area contributed by atoms with Crippen molar-refractivity contribution in [3.63, 3.8) is 0 Å². The Kier molecular flexibility index (Phi) is 5.82. The van der Waals surface area contributed by atoms with Crippen molar-refractivity contribution in [1.82, 2.24) is 14.8 Å². The molecule has 3 aromatic carbocycles. The first-order chi connectivity index (χ1) is 16.7. The lowest BCUT2D eigenvalue weighted by atomic mass is 10.1. The van der Waals surface area contributed by atoms with E-state index in [0.29, 0.717) is 21.9 Å². The van der Waals surface area contributed by atoms with Gasteiger partial charge in [0, 0.05) is 12.6 Å². The van der Waals surface area contributed by atoms with E-state index in [1.165, 1.54) is 11.3 Å². The van der Waals surface area contributed by atoms with E-state index in [4.69, 9.17) is 11.6 Å². The summed E-state index contributed by atoms with van der Waals surface area (Å²) in [5.41, 5.74) is 2.13. The summed E-state index contributed by atoms with van der Waals surface area (Å²) in [7, 11) is 0. The number of nitrogens with one attached hydrogen (secondary N) is 1. The summed E-state index contributed by atoms with van der Waals surface area (Å²) in [6.45, 7) is 1.98. The second-order valence-electron chi connectivity index (χ2n) is 7.80. The highest BCUT2D eigenvalue weighted by Gasteiger charge is 2.35. The van der Waals surface area contributed by atoms with Gasteiger partial charge in [0.05, 0.1) is 26.6 Å². The van der Waals surface area contributed by atoms with E-state index in [-0.39, 0.29) is 18.1 Å². The van der Waals surface area contributed by atoms with E-state index in [9.17, 15) is 18.0 Å². The van der Waals surface area contributed by atoms with Crippen LogP contribution in [0.4, 0.5) is 18.3 Å². The zero-order valence-corrected chi connectivity index (χ0v) is 19.7. The Morgan fingerprint density at radius 2 is 1.80 bits per heavy atom. The molecule has 0 spiro atoms. The summed E-state index contributed by atoms with van der Waals surface area (Å²) in [5.74, 6) is -0.372. The second-order valence-corrected chi connectivity index (χ2v) is 9.24.